The van der Waals surface area contributed by atoms with E-state index >= 15 is 0 Å². The number of alkyl halides is 2. The van der Waals surface area contributed by atoms with Crippen LogP contribution in [0.1, 0.15) is 0 Å². The lowest BCUT2D eigenvalue weighted by atomic mass is 10.2. The van der Waals surface area contributed by atoms with Crippen molar-refractivity contribution in [3.8, 4) is 0 Å². The summed E-state index contributed by atoms with van der Waals surface area (Å²) in [5.74, 6) is -3.23. The van der Waals surface area contributed by atoms with Gasteiger partial charge in [-0.05, 0) is 12.1 Å². The van der Waals surface area contributed by atoms with Crippen LogP contribution in [0.3, 0.4) is 0 Å². The molecule has 0 unspecified atom stereocenters. The van der Waals surface area contributed by atoms with E-state index in [4.69, 9.17) is 34.0 Å². The van der Waals surface area contributed by atoms with Crippen LogP contribution in [-0.2, 0) is 0 Å². The zero-order chi connectivity index (χ0) is 12.3. The van der Waals surface area contributed by atoms with Crippen molar-refractivity contribution in [1.82, 2.24) is 0 Å². The largest absolute Gasteiger partial charge is 0.399 e. The summed E-state index contributed by atoms with van der Waals surface area (Å²) >= 11 is 11.5. The molecular weight excluding hydrogens is 261 g/mol. The van der Waals surface area contributed by atoms with Crippen LogP contribution < -0.4 is 11.1 Å². The summed E-state index contributed by atoms with van der Waals surface area (Å²) in [6.07, 6.45) is 0. The van der Waals surface area contributed by atoms with Crippen molar-refractivity contribution in [2.24, 2.45) is 0 Å². The van der Waals surface area contributed by atoms with Gasteiger partial charge in [-0.2, -0.15) is 0 Å². The minimum atomic E-state index is -3.23. The first-order chi connectivity index (χ1) is 7.35. The van der Waals surface area contributed by atoms with Gasteiger partial charge in [0.15, 0.2) is 0 Å². The summed E-state index contributed by atoms with van der Waals surface area (Å²) in [4.78, 5) is 0. The third-order valence-electron chi connectivity index (χ3n) is 1.82. The van der Waals surface area contributed by atoms with E-state index in [1.807, 2.05) is 0 Å². The van der Waals surface area contributed by atoms with Crippen LogP contribution in [0.15, 0.2) is 12.1 Å². The van der Waals surface area contributed by atoms with Gasteiger partial charge in [-0.15, -0.1) is 0 Å². The molecule has 90 valence electrons. The van der Waals surface area contributed by atoms with Crippen molar-refractivity contribution >= 4 is 34.6 Å². The van der Waals surface area contributed by atoms with Gasteiger partial charge >= 0.3 is 0 Å². The Hall–Kier alpha value is -0.780. The van der Waals surface area contributed by atoms with Gasteiger partial charge in [0, 0.05) is 5.69 Å². The number of nitrogens with one attached hydrogen (secondary N) is 1. The average Bonchev–Trinajstić information content (AvgIpc) is 2.16. The van der Waals surface area contributed by atoms with Crippen LogP contribution in [0.25, 0.3) is 0 Å². The summed E-state index contributed by atoms with van der Waals surface area (Å²) in [5, 5.41) is 11.1. The molecule has 0 bridgehead atoms. The lowest BCUT2D eigenvalue weighted by Gasteiger charge is -2.16. The average molecular weight is 271 g/mol. The number of rotatable bonds is 4. The Bertz CT molecular complexity index is 365. The van der Waals surface area contributed by atoms with Crippen LogP contribution in [0.4, 0.5) is 20.2 Å². The van der Waals surface area contributed by atoms with E-state index in [0.717, 1.165) is 0 Å². The third-order valence-corrected chi connectivity index (χ3v) is 2.42. The Morgan fingerprint density at radius 2 is 1.81 bits per heavy atom. The maximum absolute atomic E-state index is 12.8. The second-order valence-electron chi connectivity index (χ2n) is 3.23. The molecule has 1 aromatic carbocycles. The van der Waals surface area contributed by atoms with Crippen molar-refractivity contribution in [1.29, 1.82) is 0 Å². The molecule has 1 aromatic rings. The third kappa shape index (κ3) is 3.37. The molecule has 16 heavy (non-hydrogen) atoms. The molecule has 0 radical (unpaired) electrons. The Balaban J connectivity index is 2.82. The van der Waals surface area contributed by atoms with Gasteiger partial charge in [-0.3, -0.25) is 0 Å². The molecule has 0 saturated carbocycles. The van der Waals surface area contributed by atoms with E-state index in [-0.39, 0.29) is 15.7 Å². The lowest BCUT2D eigenvalue weighted by molar-refractivity contribution is -0.0372. The maximum Gasteiger partial charge on any atom is 0.287 e. The SMILES string of the molecule is Nc1cc(Cl)c(NCC(F)(F)CO)c(Cl)c1. The van der Waals surface area contributed by atoms with Crippen molar-refractivity contribution in [3.05, 3.63) is 22.2 Å². The first-order valence-corrected chi connectivity index (χ1v) is 5.08. The monoisotopic (exact) mass is 270 g/mol. The van der Waals surface area contributed by atoms with Crippen LogP contribution in [0.2, 0.25) is 10.0 Å². The molecule has 7 heteroatoms. The van der Waals surface area contributed by atoms with E-state index in [9.17, 15) is 8.78 Å². The molecule has 0 saturated heterocycles. The number of benzene rings is 1. The maximum atomic E-state index is 12.8. The predicted octanol–water partition coefficient (Wildman–Crippen LogP) is 2.62. The molecule has 1 rings (SSSR count). The van der Waals surface area contributed by atoms with Crippen LogP contribution in [0, 0.1) is 0 Å². The molecule has 0 heterocycles. The zero-order valence-electron chi connectivity index (χ0n) is 8.11. The molecule has 0 amide bonds. The Morgan fingerprint density at radius 3 is 2.25 bits per heavy atom. The highest BCUT2D eigenvalue weighted by molar-refractivity contribution is 6.39. The van der Waals surface area contributed by atoms with Gasteiger partial charge in [0.1, 0.15) is 6.61 Å². The summed E-state index contributed by atoms with van der Waals surface area (Å²) in [6.45, 7) is -2.00. The first-order valence-electron chi connectivity index (χ1n) is 4.33. The van der Waals surface area contributed by atoms with Gasteiger partial charge in [-0.1, -0.05) is 23.2 Å². The second-order valence-corrected chi connectivity index (χ2v) is 4.04. The van der Waals surface area contributed by atoms with Gasteiger partial charge in [0.2, 0.25) is 0 Å². The van der Waals surface area contributed by atoms with Gasteiger partial charge in [0.05, 0.1) is 22.3 Å². The lowest BCUT2D eigenvalue weighted by Crippen LogP contribution is -2.31. The summed E-state index contributed by atoms with van der Waals surface area (Å²) in [6, 6.07) is 2.79. The Labute approximate surface area is 101 Å². The molecule has 0 aromatic heterocycles. The summed E-state index contributed by atoms with van der Waals surface area (Å²) < 4.78 is 25.5. The fourth-order valence-electron chi connectivity index (χ4n) is 1.04. The van der Waals surface area contributed by atoms with Gasteiger partial charge in [0.25, 0.3) is 5.92 Å². The Morgan fingerprint density at radius 1 is 1.31 bits per heavy atom. The first kappa shape index (κ1) is 13.3. The summed E-state index contributed by atoms with van der Waals surface area (Å²) in [5.41, 5.74) is 5.97. The highest BCUT2D eigenvalue weighted by Gasteiger charge is 2.27. The number of aliphatic hydroxyl groups is 1. The normalized spacial score (nSPS) is 11.6. The number of aliphatic hydroxyl groups excluding tert-OH is 1. The second kappa shape index (κ2) is 5.03. The smallest absolute Gasteiger partial charge is 0.287 e. The quantitative estimate of drug-likeness (QED) is 0.738. The van der Waals surface area contributed by atoms with Gasteiger partial charge < -0.3 is 16.2 Å². The van der Waals surface area contributed by atoms with Crippen LogP contribution in [-0.4, -0.2) is 24.2 Å². The van der Waals surface area contributed by atoms with Crippen molar-refractivity contribution in [2.75, 3.05) is 24.2 Å². The fourth-order valence-corrected chi connectivity index (χ4v) is 1.67. The van der Waals surface area contributed by atoms with Crippen molar-refractivity contribution in [2.45, 2.75) is 5.92 Å². The van der Waals surface area contributed by atoms with E-state index < -0.39 is 19.1 Å². The topological polar surface area (TPSA) is 58.3 Å². The predicted molar refractivity (Wildman–Crippen MR) is 61.4 cm³/mol. The van der Waals surface area contributed by atoms with E-state index in [1.165, 1.54) is 12.1 Å². The van der Waals surface area contributed by atoms with Gasteiger partial charge in [-0.25, -0.2) is 8.78 Å². The van der Waals surface area contributed by atoms with E-state index in [1.54, 1.807) is 0 Å². The molecular formula is C9H10Cl2F2N2O. The van der Waals surface area contributed by atoms with Crippen molar-refractivity contribution in [3.63, 3.8) is 0 Å². The number of nitrogens with two attached hydrogens (primary N) is 1. The molecule has 3 nitrogen and oxygen atoms in total. The summed E-state index contributed by atoms with van der Waals surface area (Å²) in [7, 11) is 0. The highest BCUT2D eigenvalue weighted by atomic mass is 35.5. The minimum absolute atomic E-state index is 0.152. The number of hydrogen-bond acceptors (Lipinski definition) is 3. The number of hydrogen-bond donors (Lipinski definition) is 3. The van der Waals surface area contributed by atoms with E-state index in [0.29, 0.717) is 5.69 Å². The fraction of sp³-hybridized carbons (Fsp3) is 0.333. The molecule has 0 atom stereocenters. The molecule has 0 aliphatic carbocycles. The van der Waals surface area contributed by atoms with E-state index in [2.05, 4.69) is 5.32 Å². The van der Waals surface area contributed by atoms with Crippen molar-refractivity contribution < 1.29 is 13.9 Å². The number of halogens is 4. The molecule has 0 aliphatic rings. The standard InChI is InChI=1S/C9H10Cl2F2N2O/c10-6-1-5(14)2-7(11)8(6)15-3-9(12,13)4-16/h1-2,15-16H,3-4,14H2. The zero-order valence-corrected chi connectivity index (χ0v) is 9.62. The molecule has 0 spiro atoms. The molecule has 4 N–H and O–H groups in total. The minimum Gasteiger partial charge on any atom is -0.399 e. The molecule has 0 aliphatic heterocycles. The Kier molecular flexibility index (Phi) is 4.18. The highest BCUT2D eigenvalue weighted by Crippen LogP contribution is 2.33. The molecule has 0 fully saturated rings. The van der Waals surface area contributed by atoms with Crippen LogP contribution >= 0.6 is 23.2 Å². The number of anilines is 2. The number of nitrogen functional groups attached to an aromatic ring is 1. The van der Waals surface area contributed by atoms with Crippen LogP contribution in [0.5, 0.6) is 0 Å².